The fourth-order valence-corrected chi connectivity index (χ4v) is 3.34. The minimum atomic E-state index is -0.193. The molecule has 146 valence electrons. The zero-order chi connectivity index (χ0) is 20.4. The first-order valence-corrected chi connectivity index (χ1v) is 9.50. The van der Waals surface area contributed by atoms with Gasteiger partial charge in [-0.25, -0.2) is 0 Å². The Morgan fingerprint density at radius 3 is 2.52 bits per heavy atom. The normalized spacial score (nSPS) is 10.9. The van der Waals surface area contributed by atoms with E-state index in [1.54, 1.807) is 10.9 Å². The van der Waals surface area contributed by atoms with Crippen LogP contribution in [0.5, 0.6) is 0 Å². The third-order valence-electron chi connectivity index (χ3n) is 5.07. The number of nitrogens with zero attached hydrogens (tertiary/aromatic N) is 4. The van der Waals surface area contributed by atoms with E-state index in [-0.39, 0.29) is 5.91 Å². The van der Waals surface area contributed by atoms with Crippen LogP contribution in [0.25, 0.3) is 11.3 Å². The molecule has 1 N–H and O–H groups in total. The van der Waals surface area contributed by atoms with Crippen molar-refractivity contribution in [3.8, 4) is 11.3 Å². The van der Waals surface area contributed by atoms with E-state index in [1.165, 1.54) is 0 Å². The molecule has 0 saturated carbocycles. The molecule has 4 aromatic rings. The summed E-state index contributed by atoms with van der Waals surface area (Å²) < 4.78 is 3.52. The van der Waals surface area contributed by atoms with Gasteiger partial charge in [-0.2, -0.15) is 10.2 Å². The number of carbonyl (C=O) groups is 1. The smallest absolute Gasteiger partial charge is 0.260 e. The molecule has 0 bridgehead atoms. The number of aryl methyl sites for hydroxylation is 2. The number of rotatable bonds is 5. The molecule has 0 atom stereocenters. The van der Waals surface area contributed by atoms with Gasteiger partial charge in [-0.15, -0.1) is 0 Å². The van der Waals surface area contributed by atoms with Crippen molar-refractivity contribution in [2.45, 2.75) is 20.4 Å². The van der Waals surface area contributed by atoms with Crippen LogP contribution in [0.1, 0.15) is 27.2 Å². The van der Waals surface area contributed by atoms with Gasteiger partial charge in [-0.1, -0.05) is 54.6 Å². The molecule has 29 heavy (non-hydrogen) atoms. The van der Waals surface area contributed by atoms with Gasteiger partial charge in [0.15, 0.2) is 0 Å². The standard InChI is InChI=1S/C23H23N5O/c1-16-9-7-8-12-19(16)21-13-22(27(3)26-21)25-23(29)20-14-24-28(17(20)2)15-18-10-5-4-6-11-18/h4-14H,15H2,1-3H3,(H,25,29). The van der Waals surface area contributed by atoms with Crippen LogP contribution in [0, 0.1) is 13.8 Å². The summed E-state index contributed by atoms with van der Waals surface area (Å²) in [7, 11) is 1.82. The Bertz CT molecular complexity index is 1160. The lowest BCUT2D eigenvalue weighted by Gasteiger charge is -2.07. The van der Waals surface area contributed by atoms with E-state index in [1.807, 2.05) is 86.2 Å². The van der Waals surface area contributed by atoms with Gasteiger partial charge in [0.2, 0.25) is 0 Å². The van der Waals surface area contributed by atoms with Gasteiger partial charge in [-0.05, 0) is 25.0 Å². The predicted octanol–water partition coefficient (Wildman–Crippen LogP) is 4.20. The van der Waals surface area contributed by atoms with Crippen molar-refractivity contribution in [3.05, 3.63) is 89.2 Å². The maximum Gasteiger partial charge on any atom is 0.260 e. The highest BCUT2D eigenvalue weighted by molar-refractivity contribution is 6.04. The van der Waals surface area contributed by atoms with Crippen LogP contribution < -0.4 is 5.32 Å². The monoisotopic (exact) mass is 385 g/mol. The van der Waals surface area contributed by atoms with Gasteiger partial charge in [0.05, 0.1) is 24.0 Å². The molecule has 0 radical (unpaired) electrons. The Kier molecular flexibility index (Phi) is 4.99. The maximum absolute atomic E-state index is 12.9. The lowest BCUT2D eigenvalue weighted by molar-refractivity contribution is 0.102. The number of amides is 1. The van der Waals surface area contributed by atoms with E-state index in [4.69, 9.17) is 0 Å². The van der Waals surface area contributed by atoms with E-state index >= 15 is 0 Å². The third kappa shape index (κ3) is 3.82. The molecule has 2 aromatic carbocycles. The van der Waals surface area contributed by atoms with E-state index in [2.05, 4.69) is 15.5 Å². The van der Waals surface area contributed by atoms with Crippen molar-refractivity contribution in [2.75, 3.05) is 5.32 Å². The number of anilines is 1. The summed E-state index contributed by atoms with van der Waals surface area (Å²) in [4.78, 5) is 12.9. The molecule has 0 spiro atoms. The van der Waals surface area contributed by atoms with Crippen LogP contribution in [-0.2, 0) is 13.6 Å². The molecule has 0 fully saturated rings. The summed E-state index contributed by atoms with van der Waals surface area (Å²) in [6.07, 6.45) is 1.62. The average Bonchev–Trinajstić information content (AvgIpc) is 3.26. The highest BCUT2D eigenvalue weighted by Crippen LogP contribution is 2.25. The molecule has 2 heterocycles. The molecule has 0 aliphatic heterocycles. The fraction of sp³-hybridized carbons (Fsp3) is 0.174. The largest absolute Gasteiger partial charge is 0.307 e. The summed E-state index contributed by atoms with van der Waals surface area (Å²) in [5, 5.41) is 11.9. The summed E-state index contributed by atoms with van der Waals surface area (Å²) in [6.45, 7) is 4.59. The highest BCUT2D eigenvalue weighted by Gasteiger charge is 2.17. The van der Waals surface area contributed by atoms with Crippen molar-refractivity contribution < 1.29 is 4.79 Å². The van der Waals surface area contributed by atoms with Gasteiger partial charge in [0.25, 0.3) is 5.91 Å². The van der Waals surface area contributed by atoms with E-state index in [9.17, 15) is 4.79 Å². The minimum Gasteiger partial charge on any atom is -0.307 e. The van der Waals surface area contributed by atoms with Crippen molar-refractivity contribution in [3.63, 3.8) is 0 Å². The Morgan fingerprint density at radius 2 is 1.76 bits per heavy atom. The molecule has 0 aliphatic rings. The molecular weight excluding hydrogens is 362 g/mol. The maximum atomic E-state index is 12.9. The van der Waals surface area contributed by atoms with Crippen molar-refractivity contribution in [1.29, 1.82) is 0 Å². The number of aromatic nitrogens is 4. The van der Waals surface area contributed by atoms with Crippen molar-refractivity contribution in [1.82, 2.24) is 19.6 Å². The lowest BCUT2D eigenvalue weighted by atomic mass is 10.1. The first-order valence-electron chi connectivity index (χ1n) is 9.50. The molecule has 0 unspecified atom stereocenters. The summed E-state index contributed by atoms with van der Waals surface area (Å²) in [5.41, 5.74) is 5.54. The molecule has 2 aromatic heterocycles. The molecule has 0 aliphatic carbocycles. The second-order valence-electron chi connectivity index (χ2n) is 7.09. The van der Waals surface area contributed by atoms with Gasteiger partial charge < -0.3 is 5.32 Å². The van der Waals surface area contributed by atoms with Crippen molar-refractivity contribution >= 4 is 11.7 Å². The van der Waals surface area contributed by atoms with Crippen LogP contribution >= 0.6 is 0 Å². The van der Waals surface area contributed by atoms with Gasteiger partial charge in [0.1, 0.15) is 5.82 Å². The van der Waals surface area contributed by atoms with Crippen LogP contribution in [0.15, 0.2) is 66.9 Å². The van der Waals surface area contributed by atoms with Crippen LogP contribution in [0.3, 0.4) is 0 Å². The third-order valence-corrected chi connectivity index (χ3v) is 5.07. The summed E-state index contributed by atoms with van der Waals surface area (Å²) in [6, 6.07) is 20.0. The molecule has 6 nitrogen and oxygen atoms in total. The first kappa shape index (κ1) is 18.7. The Labute approximate surface area is 169 Å². The molecule has 6 heteroatoms. The van der Waals surface area contributed by atoms with Crippen molar-refractivity contribution in [2.24, 2.45) is 7.05 Å². The second kappa shape index (κ2) is 7.75. The zero-order valence-corrected chi connectivity index (χ0v) is 16.8. The van der Waals surface area contributed by atoms with Gasteiger partial charge in [0, 0.05) is 24.4 Å². The number of hydrogen-bond donors (Lipinski definition) is 1. The highest BCUT2D eigenvalue weighted by atomic mass is 16.1. The van der Waals surface area contributed by atoms with Gasteiger partial charge in [-0.3, -0.25) is 14.2 Å². The number of hydrogen-bond acceptors (Lipinski definition) is 3. The summed E-state index contributed by atoms with van der Waals surface area (Å²) in [5.74, 6) is 0.449. The topological polar surface area (TPSA) is 64.7 Å². The van der Waals surface area contributed by atoms with Crippen LogP contribution in [0.4, 0.5) is 5.82 Å². The SMILES string of the molecule is Cc1ccccc1-c1cc(NC(=O)c2cnn(Cc3ccccc3)c2C)n(C)n1. The van der Waals surface area contributed by atoms with E-state index in [0.717, 1.165) is 28.1 Å². The Balaban J connectivity index is 1.54. The Morgan fingerprint density at radius 1 is 1.03 bits per heavy atom. The molecule has 4 rings (SSSR count). The van der Waals surface area contributed by atoms with E-state index in [0.29, 0.717) is 17.9 Å². The second-order valence-corrected chi connectivity index (χ2v) is 7.09. The molecular formula is C23H23N5O. The van der Waals surface area contributed by atoms with Gasteiger partial charge >= 0.3 is 0 Å². The molecule has 1 amide bonds. The van der Waals surface area contributed by atoms with Crippen LogP contribution in [0.2, 0.25) is 0 Å². The first-order chi connectivity index (χ1) is 14.0. The van der Waals surface area contributed by atoms with Crippen LogP contribution in [-0.4, -0.2) is 25.5 Å². The molecule has 0 saturated heterocycles. The summed E-state index contributed by atoms with van der Waals surface area (Å²) >= 11 is 0. The quantitative estimate of drug-likeness (QED) is 0.560. The average molecular weight is 385 g/mol. The fourth-order valence-electron chi connectivity index (χ4n) is 3.34. The zero-order valence-electron chi connectivity index (χ0n) is 16.8. The number of benzene rings is 2. The predicted molar refractivity (Wildman–Crippen MR) is 114 cm³/mol. The van der Waals surface area contributed by atoms with E-state index < -0.39 is 0 Å². The lowest BCUT2D eigenvalue weighted by Crippen LogP contribution is -2.15. The number of carbonyl (C=O) groups excluding carboxylic acids is 1. The Hall–Kier alpha value is -3.67. The number of nitrogens with one attached hydrogen (secondary N) is 1. The minimum absolute atomic E-state index is 0.193.